The molecule has 0 unspecified atom stereocenters. The molecule has 0 N–H and O–H groups in total. The molecule has 1 aromatic carbocycles. The molecule has 0 spiro atoms. The lowest BCUT2D eigenvalue weighted by molar-refractivity contribution is -0.122. The highest BCUT2D eigenvalue weighted by molar-refractivity contribution is 8.03. The fourth-order valence-electron chi connectivity index (χ4n) is 2.46. The molecule has 0 aliphatic carbocycles. The van der Waals surface area contributed by atoms with Gasteiger partial charge in [-0.15, -0.1) is 0 Å². The molecule has 20 heavy (non-hydrogen) atoms. The summed E-state index contributed by atoms with van der Waals surface area (Å²) >= 11 is 6.97. The second kappa shape index (κ2) is 4.79. The summed E-state index contributed by atoms with van der Waals surface area (Å²) in [6, 6.07) is 8.15. The number of thioether (sulfide) groups is 1. The van der Waals surface area contributed by atoms with E-state index in [0.717, 1.165) is 10.7 Å². The van der Waals surface area contributed by atoms with E-state index in [1.54, 1.807) is 16.7 Å². The van der Waals surface area contributed by atoms with Crippen LogP contribution >= 0.6 is 24.0 Å². The van der Waals surface area contributed by atoms with Crippen molar-refractivity contribution in [1.29, 1.82) is 0 Å². The van der Waals surface area contributed by atoms with E-state index < -0.39 is 0 Å². The summed E-state index contributed by atoms with van der Waals surface area (Å²) < 4.78 is 0. The summed E-state index contributed by atoms with van der Waals surface area (Å²) in [5.41, 5.74) is 1.79. The molecule has 2 aliphatic heterocycles. The quantitative estimate of drug-likeness (QED) is 0.587. The summed E-state index contributed by atoms with van der Waals surface area (Å²) in [5, 5.41) is 1.52. The van der Waals surface area contributed by atoms with Crippen molar-refractivity contribution >= 4 is 40.7 Å². The largest absolute Gasteiger partial charge is 0.336 e. The monoisotopic (exact) mass is 305 g/mol. The van der Waals surface area contributed by atoms with Crippen LogP contribution in [0, 0.1) is 0 Å². The molecule has 3 rings (SSSR count). The van der Waals surface area contributed by atoms with Crippen LogP contribution in [0.1, 0.15) is 6.92 Å². The number of likely N-dealkylation sites (N-methyl/N-ethyl adjacent to an activating group) is 2. The van der Waals surface area contributed by atoms with Crippen molar-refractivity contribution < 1.29 is 4.79 Å². The van der Waals surface area contributed by atoms with Gasteiger partial charge in [0, 0.05) is 25.5 Å². The molecule has 1 saturated heterocycles. The Kier molecular flexibility index (Phi) is 3.22. The molecule has 2 heterocycles. The normalized spacial score (nSPS) is 22.1. The average molecular weight is 305 g/mol. The average Bonchev–Trinajstić information content (AvgIpc) is 2.87. The third-order valence-corrected chi connectivity index (χ3v) is 5.28. The standard InChI is InChI=1S/C14H15N3OS2/c1-4-17-12(18)11(16(3)14(17)19)13-15(2)9-7-5-6-8-10(9)20-13/h5-8H,4H2,1-3H3/b13-11+. The van der Waals surface area contributed by atoms with Crippen LogP contribution in [0.5, 0.6) is 0 Å². The molecule has 4 nitrogen and oxygen atoms in total. The van der Waals surface area contributed by atoms with Gasteiger partial charge in [0.15, 0.2) is 5.11 Å². The number of para-hydroxylation sites is 1. The number of anilines is 1. The Hall–Kier alpha value is -1.53. The lowest BCUT2D eigenvalue weighted by atomic mass is 10.3. The van der Waals surface area contributed by atoms with Crippen molar-refractivity contribution in [2.45, 2.75) is 11.8 Å². The number of fused-ring (bicyclic) bond motifs is 1. The summed E-state index contributed by atoms with van der Waals surface area (Å²) in [6.07, 6.45) is 0. The lowest BCUT2D eigenvalue weighted by Crippen LogP contribution is -2.30. The van der Waals surface area contributed by atoms with Gasteiger partial charge < -0.3 is 9.80 Å². The number of thiocarbonyl (C=S) groups is 1. The van der Waals surface area contributed by atoms with Crippen LogP contribution in [-0.4, -0.2) is 41.5 Å². The Morgan fingerprint density at radius 1 is 1.20 bits per heavy atom. The Morgan fingerprint density at radius 3 is 2.50 bits per heavy atom. The van der Waals surface area contributed by atoms with E-state index in [-0.39, 0.29) is 5.91 Å². The minimum absolute atomic E-state index is 0.0119. The first kappa shape index (κ1) is 13.5. The van der Waals surface area contributed by atoms with E-state index >= 15 is 0 Å². The Morgan fingerprint density at radius 2 is 1.90 bits per heavy atom. The molecule has 6 heteroatoms. The molecule has 1 amide bonds. The summed E-state index contributed by atoms with van der Waals surface area (Å²) in [5.74, 6) is -0.0119. The lowest BCUT2D eigenvalue weighted by Gasteiger charge is -2.18. The zero-order chi connectivity index (χ0) is 14.4. The second-order valence-corrected chi connectivity index (χ2v) is 6.07. The molecule has 1 fully saturated rings. The van der Waals surface area contributed by atoms with Crippen molar-refractivity contribution in [2.75, 3.05) is 25.5 Å². The molecule has 0 aromatic heterocycles. The number of carbonyl (C=O) groups is 1. The topological polar surface area (TPSA) is 26.8 Å². The first-order valence-electron chi connectivity index (χ1n) is 6.40. The number of benzene rings is 1. The number of hydrogen-bond acceptors (Lipinski definition) is 4. The summed E-state index contributed by atoms with van der Waals surface area (Å²) in [7, 11) is 3.84. The van der Waals surface area contributed by atoms with Crippen molar-refractivity contribution in [3.8, 4) is 0 Å². The minimum Gasteiger partial charge on any atom is -0.336 e. The number of carbonyl (C=O) groups excluding carboxylic acids is 1. The third kappa shape index (κ3) is 1.75. The maximum absolute atomic E-state index is 12.5. The molecular formula is C14H15N3OS2. The molecular weight excluding hydrogens is 290 g/mol. The van der Waals surface area contributed by atoms with Crippen LogP contribution in [0.4, 0.5) is 5.69 Å². The molecule has 0 saturated carbocycles. The van der Waals surface area contributed by atoms with E-state index in [1.807, 2.05) is 38.1 Å². The van der Waals surface area contributed by atoms with Gasteiger partial charge in [0.05, 0.1) is 5.69 Å². The fraction of sp³-hybridized carbons (Fsp3) is 0.286. The van der Waals surface area contributed by atoms with Gasteiger partial charge in [0.25, 0.3) is 5.91 Å². The highest BCUT2D eigenvalue weighted by Crippen LogP contribution is 2.47. The fourth-order valence-corrected chi connectivity index (χ4v) is 3.98. The molecule has 104 valence electrons. The van der Waals surface area contributed by atoms with Crippen molar-refractivity contribution in [2.24, 2.45) is 0 Å². The first-order chi connectivity index (χ1) is 9.56. The van der Waals surface area contributed by atoms with Crippen LogP contribution in [-0.2, 0) is 4.79 Å². The van der Waals surface area contributed by atoms with Crippen LogP contribution in [0.2, 0.25) is 0 Å². The van der Waals surface area contributed by atoms with E-state index in [2.05, 4.69) is 17.0 Å². The maximum atomic E-state index is 12.5. The number of amides is 1. The summed E-state index contributed by atoms with van der Waals surface area (Å²) in [4.78, 5) is 19.2. The molecule has 1 aromatic rings. The van der Waals surface area contributed by atoms with Crippen LogP contribution in [0.3, 0.4) is 0 Å². The van der Waals surface area contributed by atoms with E-state index in [9.17, 15) is 4.79 Å². The van der Waals surface area contributed by atoms with Crippen LogP contribution in [0.25, 0.3) is 0 Å². The zero-order valence-corrected chi connectivity index (χ0v) is 13.2. The minimum atomic E-state index is -0.0119. The Balaban J connectivity index is 2.09. The van der Waals surface area contributed by atoms with Crippen molar-refractivity contribution in [3.05, 3.63) is 35.0 Å². The van der Waals surface area contributed by atoms with Crippen LogP contribution < -0.4 is 4.90 Å². The van der Waals surface area contributed by atoms with E-state index in [0.29, 0.717) is 17.4 Å². The van der Waals surface area contributed by atoms with E-state index in [4.69, 9.17) is 12.2 Å². The van der Waals surface area contributed by atoms with E-state index in [1.165, 1.54) is 4.90 Å². The number of hydrogen-bond donors (Lipinski definition) is 0. The van der Waals surface area contributed by atoms with Gasteiger partial charge in [0.1, 0.15) is 10.7 Å². The van der Waals surface area contributed by atoms with Crippen LogP contribution in [0.15, 0.2) is 39.9 Å². The van der Waals surface area contributed by atoms with Gasteiger partial charge in [-0.3, -0.25) is 9.69 Å². The molecule has 0 radical (unpaired) electrons. The van der Waals surface area contributed by atoms with Gasteiger partial charge in [0.2, 0.25) is 0 Å². The van der Waals surface area contributed by atoms with Crippen molar-refractivity contribution in [1.82, 2.24) is 9.80 Å². The maximum Gasteiger partial charge on any atom is 0.279 e. The molecule has 0 bridgehead atoms. The Bertz CT molecular complexity index is 641. The smallest absolute Gasteiger partial charge is 0.279 e. The zero-order valence-electron chi connectivity index (χ0n) is 11.6. The molecule has 0 atom stereocenters. The second-order valence-electron chi connectivity index (χ2n) is 4.67. The van der Waals surface area contributed by atoms with Gasteiger partial charge in [-0.1, -0.05) is 23.9 Å². The van der Waals surface area contributed by atoms with Gasteiger partial charge in [-0.25, -0.2) is 0 Å². The predicted octanol–water partition coefficient (Wildman–Crippen LogP) is 2.48. The van der Waals surface area contributed by atoms with Crippen molar-refractivity contribution in [3.63, 3.8) is 0 Å². The highest BCUT2D eigenvalue weighted by Gasteiger charge is 2.40. The van der Waals surface area contributed by atoms with Gasteiger partial charge >= 0.3 is 0 Å². The molecule has 2 aliphatic rings. The summed E-state index contributed by atoms with van der Waals surface area (Å²) in [6.45, 7) is 2.53. The third-order valence-electron chi connectivity index (χ3n) is 3.56. The SMILES string of the molecule is CCN1C(=O)/C(=C2\Sc3ccccc3N2C)N(C)C1=S. The predicted molar refractivity (Wildman–Crippen MR) is 85.5 cm³/mol. The van der Waals surface area contributed by atoms with Gasteiger partial charge in [-0.05, 0) is 31.3 Å². The first-order valence-corrected chi connectivity index (χ1v) is 7.63. The van der Waals surface area contributed by atoms with Gasteiger partial charge in [-0.2, -0.15) is 0 Å². The Labute approximate surface area is 128 Å². The highest BCUT2D eigenvalue weighted by atomic mass is 32.2. The number of rotatable bonds is 1. The number of nitrogens with zero attached hydrogens (tertiary/aromatic N) is 3.